The second-order valence-corrected chi connectivity index (χ2v) is 3.15. The number of fused-ring (bicyclic) bond motifs is 1. The largest absolute Gasteiger partial charge is 0.384 e. The van der Waals surface area contributed by atoms with Gasteiger partial charge in [-0.2, -0.15) is 0 Å². The summed E-state index contributed by atoms with van der Waals surface area (Å²) in [5.41, 5.74) is 2.13. The van der Waals surface area contributed by atoms with Gasteiger partial charge in [-0.15, -0.1) is 0 Å². The van der Waals surface area contributed by atoms with Gasteiger partial charge in [-0.3, -0.25) is 0 Å². The molecule has 0 unspecified atom stereocenters. The van der Waals surface area contributed by atoms with Crippen LogP contribution in [-0.2, 0) is 13.2 Å². The van der Waals surface area contributed by atoms with Crippen molar-refractivity contribution in [3.05, 3.63) is 42.7 Å². The number of aliphatic hydroxyl groups excluding tert-OH is 1. The van der Waals surface area contributed by atoms with Gasteiger partial charge in [0.05, 0.1) is 0 Å². The van der Waals surface area contributed by atoms with Crippen molar-refractivity contribution in [1.82, 2.24) is 4.98 Å². The normalized spacial score (nSPS) is 10.6. The monoisotopic (exact) mass is 189 g/mol. The van der Waals surface area contributed by atoms with Gasteiger partial charge < -0.3 is 5.11 Å². The van der Waals surface area contributed by atoms with E-state index in [2.05, 4.69) is 11.6 Å². The molecule has 0 amide bonds. The smallest absolute Gasteiger partial charge is 0.281 e. The molecule has 0 saturated heterocycles. The Bertz CT molecular complexity index is 459. The number of benzene rings is 1. The van der Waals surface area contributed by atoms with E-state index in [1.165, 1.54) is 0 Å². The second-order valence-electron chi connectivity index (χ2n) is 3.15. The summed E-state index contributed by atoms with van der Waals surface area (Å²) in [6, 6.07) is 7.97. The first-order chi connectivity index (χ1) is 6.86. The van der Waals surface area contributed by atoms with Crippen LogP contribution in [0.5, 0.6) is 0 Å². The zero-order valence-electron chi connectivity index (χ0n) is 7.90. The summed E-state index contributed by atoms with van der Waals surface area (Å²) in [7, 11) is 0. The molecular formula is C11H13N2O+. The number of hydrogen-bond acceptors (Lipinski definition) is 1. The Hall–Kier alpha value is -1.61. The fourth-order valence-corrected chi connectivity index (χ4v) is 1.65. The molecule has 0 fully saturated rings. The lowest BCUT2D eigenvalue weighted by Gasteiger charge is -1.94. The Kier molecular flexibility index (Phi) is 2.33. The Balaban J connectivity index is 2.67. The molecule has 2 aromatic rings. The summed E-state index contributed by atoms with van der Waals surface area (Å²) in [6.45, 7) is 4.43. The number of hydrogen-bond donors (Lipinski definition) is 2. The van der Waals surface area contributed by atoms with Crippen LogP contribution in [-0.4, -0.2) is 10.1 Å². The number of nitrogens with one attached hydrogen (secondary N) is 1. The lowest BCUT2D eigenvalue weighted by atomic mass is 10.3. The van der Waals surface area contributed by atoms with Gasteiger partial charge in [-0.25, -0.2) is 9.55 Å². The van der Waals surface area contributed by atoms with Crippen LogP contribution in [0.4, 0.5) is 0 Å². The molecule has 72 valence electrons. The van der Waals surface area contributed by atoms with Crippen molar-refractivity contribution in [3.8, 4) is 0 Å². The van der Waals surface area contributed by atoms with Crippen LogP contribution in [0, 0.1) is 0 Å². The summed E-state index contributed by atoms with van der Waals surface area (Å²) >= 11 is 0. The van der Waals surface area contributed by atoms with E-state index >= 15 is 0 Å². The molecule has 0 radical (unpaired) electrons. The van der Waals surface area contributed by atoms with Crippen LogP contribution in [0.15, 0.2) is 36.9 Å². The van der Waals surface area contributed by atoms with Crippen molar-refractivity contribution >= 4 is 11.0 Å². The quantitative estimate of drug-likeness (QED) is 0.551. The number of aromatic amines is 1. The second kappa shape index (κ2) is 3.64. The maximum Gasteiger partial charge on any atom is 0.281 e. The molecule has 3 nitrogen and oxygen atoms in total. The zero-order chi connectivity index (χ0) is 9.97. The first-order valence-corrected chi connectivity index (χ1v) is 4.58. The van der Waals surface area contributed by atoms with Gasteiger partial charge in [-0.05, 0) is 12.1 Å². The van der Waals surface area contributed by atoms with Gasteiger partial charge in [0.1, 0.15) is 13.2 Å². The Morgan fingerprint density at radius 1 is 1.43 bits per heavy atom. The molecular weight excluding hydrogens is 176 g/mol. The van der Waals surface area contributed by atoms with Crippen molar-refractivity contribution in [1.29, 1.82) is 0 Å². The molecule has 2 N–H and O–H groups in total. The number of imidazole rings is 1. The van der Waals surface area contributed by atoms with Crippen molar-refractivity contribution in [2.24, 2.45) is 0 Å². The Morgan fingerprint density at radius 3 is 2.93 bits per heavy atom. The summed E-state index contributed by atoms with van der Waals surface area (Å²) in [5, 5.41) is 9.16. The highest BCUT2D eigenvalue weighted by Crippen LogP contribution is 2.08. The SMILES string of the molecule is C=CC[n+]1c(CO)[nH]c2ccccc21. The van der Waals surface area contributed by atoms with E-state index in [1.54, 1.807) is 0 Å². The third-order valence-electron chi connectivity index (χ3n) is 2.26. The van der Waals surface area contributed by atoms with Crippen molar-refractivity contribution in [2.45, 2.75) is 13.2 Å². The minimum Gasteiger partial charge on any atom is -0.384 e. The van der Waals surface area contributed by atoms with Crippen molar-refractivity contribution in [3.63, 3.8) is 0 Å². The maximum atomic E-state index is 9.16. The molecule has 0 spiro atoms. The number of para-hydroxylation sites is 2. The fourth-order valence-electron chi connectivity index (χ4n) is 1.65. The Morgan fingerprint density at radius 2 is 2.21 bits per heavy atom. The van der Waals surface area contributed by atoms with Gasteiger partial charge in [0, 0.05) is 0 Å². The molecule has 1 heterocycles. The fraction of sp³-hybridized carbons (Fsp3) is 0.182. The molecule has 0 atom stereocenters. The van der Waals surface area contributed by atoms with E-state index < -0.39 is 0 Å². The standard InChI is InChI=1S/C11H12N2O/c1-2-7-13-10-6-4-3-5-9(10)12-11(13)8-14/h2-6,14H,1,7-8H2/p+1. The number of allylic oxidation sites excluding steroid dienone is 1. The molecule has 1 aromatic carbocycles. The molecule has 14 heavy (non-hydrogen) atoms. The molecule has 0 aliphatic carbocycles. The molecule has 0 saturated carbocycles. The molecule has 1 aromatic heterocycles. The highest BCUT2D eigenvalue weighted by atomic mass is 16.3. The summed E-state index contributed by atoms with van der Waals surface area (Å²) in [6.07, 6.45) is 1.82. The third-order valence-corrected chi connectivity index (χ3v) is 2.26. The van der Waals surface area contributed by atoms with Gasteiger partial charge in [-0.1, -0.05) is 24.8 Å². The van der Waals surface area contributed by atoms with Crippen molar-refractivity contribution < 1.29 is 9.67 Å². The Labute approximate surface area is 82.3 Å². The number of aliphatic hydroxyl groups is 1. The number of rotatable bonds is 3. The summed E-state index contributed by atoms with van der Waals surface area (Å²) in [5.74, 6) is 0.811. The first-order valence-electron chi connectivity index (χ1n) is 4.58. The molecule has 3 heteroatoms. The third kappa shape index (κ3) is 1.32. The first kappa shape index (κ1) is 8.97. The molecule has 0 aliphatic heterocycles. The van der Waals surface area contributed by atoms with Crippen LogP contribution < -0.4 is 4.57 Å². The average Bonchev–Trinajstić information content (AvgIpc) is 2.58. The summed E-state index contributed by atoms with van der Waals surface area (Å²) in [4.78, 5) is 3.16. The molecule has 0 aliphatic rings. The van der Waals surface area contributed by atoms with Gasteiger partial charge >= 0.3 is 0 Å². The highest BCUT2D eigenvalue weighted by molar-refractivity contribution is 5.70. The topological polar surface area (TPSA) is 39.9 Å². The van der Waals surface area contributed by atoms with E-state index in [1.807, 2.05) is 34.9 Å². The van der Waals surface area contributed by atoms with E-state index in [0.29, 0.717) is 6.54 Å². The molecule has 0 bridgehead atoms. The van der Waals surface area contributed by atoms with Crippen molar-refractivity contribution in [2.75, 3.05) is 0 Å². The number of H-pyrrole nitrogens is 1. The van der Waals surface area contributed by atoms with Crippen LogP contribution in [0.3, 0.4) is 0 Å². The van der Waals surface area contributed by atoms with Crippen LogP contribution in [0.2, 0.25) is 0 Å². The summed E-state index contributed by atoms with van der Waals surface area (Å²) < 4.78 is 2.02. The molecule has 2 rings (SSSR count). The minimum atomic E-state index is 0.0164. The lowest BCUT2D eigenvalue weighted by Crippen LogP contribution is -2.36. The minimum absolute atomic E-state index is 0.0164. The van der Waals surface area contributed by atoms with Gasteiger partial charge in [0.15, 0.2) is 11.0 Å². The van der Waals surface area contributed by atoms with Gasteiger partial charge in [0.2, 0.25) is 0 Å². The predicted molar refractivity (Wildman–Crippen MR) is 54.6 cm³/mol. The predicted octanol–water partition coefficient (Wildman–Crippen LogP) is 1.13. The maximum absolute atomic E-state index is 9.16. The van der Waals surface area contributed by atoms with E-state index in [-0.39, 0.29) is 6.61 Å². The number of nitrogens with zero attached hydrogens (tertiary/aromatic N) is 1. The zero-order valence-corrected chi connectivity index (χ0v) is 7.90. The lowest BCUT2D eigenvalue weighted by molar-refractivity contribution is -0.670. The van der Waals surface area contributed by atoms with E-state index in [0.717, 1.165) is 16.9 Å². The van der Waals surface area contributed by atoms with Crippen LogP contribution >= 0.6 is 0 Å². The highest BCUT2D eigenvalue weighted by Gasteiger charge is 2.15. The van der Waals surface area contributed by atoms with E-state index in [4.69, 9.17) is 5.11 Å². The average molecular weight is 189 g/mol. The van der Waals surface area contributed by atoms with E-state index in [9.17, 15) is 0 Å². The number of aromatic nitrogens is 2. The van der Waals surface area contributed by atoms with Crippen LogP contribution in [0.25, 0.3) is 11.0 Å². The van der Waals surface area contributed by atoms with Gasteiger partial charge in [0.25, 0.3) is 5.82 Å². The van der Waals surface area contributed by atoms with Crippen LogP contribution in [0.1, 0.15) is 5.82 Å².